The van der Waals surface area contributed by atoms with Gasteiger partial charge >= 0.3 is 0 Å². The highest BCUT2D eigenvalue weighted by molar-refractivity contribution is 7.92. The van der Waals surface area contributed by atoms with Crippen molar-refractivity contribution in [1.29, 1.82) is 0 Å². The molecule has 2 aliphatic rings. The summed E-state index contributed by atoms with van der Waals surface area (Å²) < 4.78 is 24.2. The number of carbonyl (C=O) groups excluding carboxylic acids is 1. The summed E-state index contributed by atoms with van der Waals surface area (Å²) in [6, 6.07) is -0.177. The minimum Gasteiger partial charge on any atom is -0.340 e. The first-order valence-corrected chi connectivity index (χ1v) is 9.35. The van der Waals surface area contributed by atoms with Crippen LogP contribution in [0.1, 0.15) is 39.0 Å². The molecular formula is C14H26N2O3S. The molecule has 0 aliphatic carbocycles. The minimum absolute atomic E-state index is 0.0678. The predicted octanol–water partition coefficient (Wildman–Crippen LogP) is 0.800. The lowest BCUT2D eigenvalue weighted by molar-refractivity contribution is -0.133. The zero-order valence-electron chi connectivity index (χ0n) is 12.5. The highest BCUT2D eigenvalue weighted by Gasteiger charge is 2.35. The number of carbonyl (C=O) groups is 1. The molecule has 2 rings (SSSR count). The molecule has 116 valence electrons. The number of hydrogen-bond donors (Lipinski definition) is 1. The van der Waals surface area contributed by atoms with E-state index in [1.54, 1.807) is 11.9 Å². The van der Waals surface area contributed by atoms with E-state index in [-0.39, 0.29) is 23.0 Å². The summed E-state index contributed by atoms with van der Waals surface area (Å²) in [6.07, 6.45) is 4.38. The molecule has 2 heterocycles. The zero-order chi connectivity index (χ0) is 14.8. The number of likely N-dealkylation sites (tertiary alicyclic amines) is 1. The fraction of sp³-hybridized carbons (Fsp3) is 0.929. The lowest BCUT2D eigenvalue weighted by Crippen LogP contribution is -2.50. The van der Waals surface area contributed by atoms with E-state index in [4.69, 9.17) is 0 Å². The number of hydrogen-bond acceptors (Lipinski definition) is 4. The molecule has 0 saturated carbocycles. The first-order valence-electron chi connectivity index (χ1n) is 7.63. The predicted molar refractivity (Wildman–Crippen MR) is 79.3 cm³/mol. The Balaban J connectivity index is 2.09. The van der Waals surface area contributed by atoms with Gasteiger partial charge in [0.25, 0.3) is 0 Å². The summed E-state index contributed by atoms with van der Waals surface area (Å²) in [5.41, 5.74) is 0. The van der Waals surface area contributed by atoms with E-state index >= 15 is 0 Å². The van der Waals surface area contributed by atoms with Gasteiger partial charge in [-0.25, -0.2) is 8.42 Å². The molecule has 2 saturated heterocycles. The van der Waals surface area contributed by atoms with Gasteiger partial charge in [0.05, 0.1) is 17.0 Å². The van der Waals surface area contributed by atoms with E-state index in [9.17, 15) is 13.2 Å². The molecule has 0 aromatic carbocycles. The Morgan fingerprint density at radius 1 is 1.25 bits per heavy atom. The Labute approximate surface area is 122 Å². The maximum absolute atomic E-state index is 12.5. The van der Waals surface area contributed by atoms with Crippen molar-refractivity contribution in [2.45, 2.75) is 50.3 Å². The second kappa shape index (κ2) is 6.43. The monoisotopic (exact) mass is 302 g/mol. The topological polar surface area (TPSA) is 66.5 Å². The number of nitrogens with one attached hydrogen (secondary N) is 1. The van der Waals surface area contributed by atoms with Crippen LogP contribution in [0.3, 0.4) is 0 Å². The first kappa shape index (κ1) is 15.8. The fourth-order valence-electron chi connectivity index (χ4n) is 3.38. The molecule has 0 spiro atoms. The molecule has 0 aromatic heterocycles. The summed E-state index contributed by atoms with van der Waals surface area (Å²) >= 11 is 0. The lowest BCUT2D eigenvalue weighted by Gasteiger charge is -2.31. The van der Waals surface area contributed by atoms with E-state index < -0.39 is 9.84 Å². The highest BCUT2D eigenvalue weighted by Crippen LogP contribution is 2.23. The van der Waals surface area contributed by atoms with Gasteiger partial charge in [0, 0.05) is 13.1 Å². The summed E-state index contributed by atoms with van der Waals surface area (Å²) in [5, 5.41) is 2.74. The van der Waals surface area contributed by atoms with Crippen LogP contribution in [-0.4, -0.2) is 56.4 Å². The van der Waals surface area contributed by atoms with Gasteiger partial charge in [-0.2, -0.15) is 0 Å². The third-order valence-corrected chi connectivity index (χ3v) is 6.94. The number of likely N-dealkylation sites (N-methyl/N-ethyl adjacent to an activating group) is 1. The number of amides is 1. The summed E-state index contributed by atoms with van der Waals surface area (Å²) in [5.74, 6) is 0.657. The van der Waals surface area contributed by atoms with E-state index in [0.29, 0.717) is 25.4 Å². The Kier molecular flexibility index (Phi) is 5.07. The van der Waals surface area contributed by atoms with Crippen molar-refractivity contribution >= 4 is 15.7 Å². The summed E-state index contributed by atoms with van der Waals surface area (Å²) in [4.78, 5) is 14.3. The van der Waals surface area contributed by atoms with Crippen LogP contribution in [-0.2, 0) is 14.6 Å². The minimum atomic E-state index is -3.01. The second-order valence-corrected chi connectivity index (χ2v) is 8.56. The van der Waals surface area contributed by atoms with E-state index in [1.807, 2.05) is 0 Å². The fourth-order valence-corrected chi connectivity index (χ4v) is 5.26. The van der Waals surface area contributed by atoms with Crippen LogP contribution in [0.5, 0.6) is 0 Å². The molecule has 0 bridgehead atoms. The lowest BCUT2D eigenvalue weighted by atomic mass is 9.98. The molecule has 3 unspecified atom stereocenters. The van der Waals surface area contributed by atoms with E-state index in [1.165, 1.54) is 0 Å². The Morgan fingerprint density at radius 3 is 2.65 bits per heavy atom. The molecule has 2 fully saturated rings. The van der Waals surface area contributed by atoms with Crippen LogP contribution < -0.4 is 5.32 Å². The van der Waals surface area contributed by atoms with Gasteiger partial charge in [-0.1, -0.05) is 13.3 Å². The van der Waals surface area contributed by atoms with Crippen molar-refractivity contribution in [3.63, 3.8) is 0 Å². The van der Waals surface area contributed by atoms with Gasteiger partial charge in [-0.05, 0) is 38.6 Å². The van der Waals surface area contributed by atoms with Gasteiger partial charge < -0.3 is 10.2 Å². The number of nitrogens with zero attached hydrogens (tertiary/aromatic N) is 1. The van der Waals surface area contributed by atoms with Crippen molar-refractivity contribution in [2.24, 2.45) is 5.92 Å². The molecular weight excluding hydrogens is 276 g/mol. The molecule has 2 aliphatic heterocycles. The van der Waals surface area contributed by atoms with Crippen LogP contribution >= 0.6 is 0 Å². The molecule has 0 radical (unpaired) electrons. The van der Waals surface area contributed by atoms with Crippen LogP contribution in [0, 0.1) is 5.92 Å². The molecule has 0 aromatic rings. The molecule has 1 amide bonds. The largest absolute Gasteiger partial charge is 0.340 e. The van der Waals surface area contributed by atoms with E-state index in [0.717, 1.165) is 25.7 Å². The Bertz CT molecular complexity index is 449. The third kappa shape index (κ3) is 3.34. The van der Waals surface area contributed by atoms with Crippen molar-refractivity contribution < 1.29 is 13.2 Å². The van der Waals surface area contributed by atoms with Gasteiger partial charge in [0.1, 0.15) is 0 Å². The van der Waals surface area contributed by atoms with Crippen molar-refractivity contribution in [2.75, 3.05) is 25.9 Å². The van der Waals surface area contributed by atoms with E-state index in [2.05, 4.69) is 12.2 Å². The number of sulfone groups is 1. The van der Waals surface area contributed by atoms with Crippen LogP contribution in [0.2, 0.25) is 0 Å². The molecule has 5 nitrogen and oxygen atoms in total. The molecule has 3 atom stereocenters. The highest BCUT2D eigenvalue weighted by atomic mass is 32.2. The normalized spacial score (nSPS) is 34.8. The number of rotatable bonds is 3. The quantitative estimate of drug-likeness (QED) is 0.837. The van der Waals surface area contributed by atoms with Crippen molar-refractivity contribution in [3.05, 3.63) is 0 Å². The summed E-state index contributed by atoms with van der Waals surface area (Å²) in [6.45, 7) is 3.15. The van der Waals surface area contributed by atoms with Crippen molar-refractivity contribution in [1.82, 2.24) is 10.2 Å². The standard InChI is InChI=1S/C14H26N2O3S/c1-11-6-5-8-16(14(17)13(11)15-2)10-12-7-3-4-9-20(12,18)19/h11-13,15H,3-10H2,1-2H3. The van der Waals surface area contributed by atoms with Gasteiger partial charge in [-0.15, -0.1) is 0 Å². The smallest absolute Gasteiger partial charge is 0.240 e. The van der Waals surface area contributed by atoms with Gasteiger partial charge in [0.2, 0.25) is 5.91 Å². The average Bonchev–Trinajstić information content (AvgIpc) is 2.52. The SMILES string of the molecule is CNC1C(=O)N(CC2CCCCS2(=O)=O)CCCC1C. The molecule has 6 heteroatoms. The maximum atomic E-state index is 12.5. The van der Waals surface area contributed by atoms with Gasteiger partial charge in [-0.3, -0.25) is 4.79 Å². The maximum Gasteiger partial charge on any atom is 0.240 e. The third-order valence-electron chi connectivity index (χ3n) is 4.68. The molecule has 1 N–H and O–H groups in total. The first-order chi connectivity index (χ1) is 9.45. The zero-order valence-corrected chi connectivity index (χ0v) is 13.3. The van der Waals surface area contributed by atoms with Crippen molar-refractivity contribution in [3.8, 4) is 0 Å². The van der Waals surface area contributed by atoms with Crippen LogP contribution in [0.15, 0.2) is 0 Å². The second-order valence-electron chi connectivity index (χ2n) is 6.15. The Hall–Kier alpha value is -0.620. The molecule has 20 heavy (non-hydrogen) atoms. The average molecular weight is 302 g/mol. The Morgan fingerprint density at radius 2 is 2.00 bits per heavy atom. The van der Waals surface area contributed by atoms with Crippen LogP contribution in [0.4, 0.5) is 0 Å². The van der Waals surface area contributed by atoms with Crippen LogP contribution in [0.25, 0.3) is 0 Å². The van der Waals surface area contributed by atoms with Gasteiger partial charge in [0.15, 0.2) is 9.84 Å². The summed E-state index contributed by atoms with van der Waals surface area (Å²) in [7, 11) is -1.20.